The van der Waals surface area contributed by atoms with Crippen molar-refractivity contribution in [2.24, 2.45) is 5.41 Å². The van der Waals surface area contributed by atoms with Gasteiger partial charge in [0.15, 0.2) is 0 Å². The van der Waals surface area contributed by atoms with E-state index in [-0.39, 0.29) is 16.4 Å². The van der Waals surface area contributed by atoms with Crippen molar-refractivity contribution in [3.63, 3.8) is 0 Å². The molecule has 0 amide bonds. The van der Waals surface area contributed by atoms with Gasteiger partial charge in [0.25, 0.3) is 0 Å². The molecule has 19 heavy (non-hydrogen) atoms. The summed E-state index contributed by atoms with van der Waals surface area (Å²) in [7, 11) is -3.49. The number of benzene rings is 1. The predicted octanol–water partition coefficient (Wildman–Crippen LogP) is 2.89. The topological polar surface area (TPSA) is 72.2 Å². The summed E-state index contributed by atoms with van der Waals surface area (Å²) in [6.07, 6.45) is 2.81. The molecule has 1 fully saturated rings. The van der Waals surface area contributed by atoms with Gasteiger partial charge < -0.3 is 5.73 Å². The fourth-order valence-corrected chi connectivity index (χ4v) is 4.92. The van der Waals surface area contributed by atoms with Gasteiger partial charge in [-0.3, -0.25) is 0 Å². The molecule has 0 aromatic heterocycles. The van der Waals surface area contributed by atoms with Crippen LogP contribution in [0, 0.1) is 5.41 Å². The molecule has 0 saturated heterocycles. The van der Waals surface area contributed by atoms with Crippen molar-refractivity contribution in [1.82, 2.24) is 4.72 Å². The molecular weight excluding hydrogens is 328 g/mol. The van der Waals surface area contributed by atoms with Gasteiger partial charge in [-0.2, -0.15) is 0 Å². The minimum Gasteiger partial charge on any atom is -0.399 e. The summed E-state index contributed by atoms with van der Waals surface area (Å²) in [5.41, 5.74) is 6.37. The zero-order valence-electron chi connectivity index (χ0n) is 11.1. The molecule has 1 atom stereocenters. The Morgan fingerprint density at radius 2 is 2.11 bits per heavy atom. The smallest absolute Gasteiger partial charge is 0.241 e. The van der Waals surface area contributed by atoms with Crippen LogP contribution in [-0.2, 0) is 10.0 Å². The lowest BCUT2D eigenvalue weighted by atomic mass is 9.92. The first-order valence-electron chi connectivity index (χ1n) is 6.27. The van der Waals surface area contributed by atoms with E-state index < -0.39 is 10.0 Å². The van der Waals surface area contributed by atoms with Gasteiger partial charge in [0.05, 0.1) is 4.90 Å². The summed E-state index contributed by atoms with van der Waals surface area (Å²) in [5.74, 6) is 0. The van der Waals surface area contributed by atoms with Gasteiger partial charge in [-0.1, -0.05) is 13.8 Å². The van der Waals surface area contributed by atoms with Crippen LogP contribution < -0.4 is 10.5 Å². The molecule has 0 aliphatic heterocycles. The Kier molecular flexibility index (Phi) is 3.95. The Balaban J connectivity index is 2.19. The van der Waals surface area contributed by atoms with E-state index in [4.69, 9.17) is 5.73 Å². The van der Waals surface area contributed by atoms with Gasteiger partial charge >= 0.3 is 0 Å². The molecule has 4 nitrogen and oxygen atoms in total. The lowest BCUT2D eigenvalue weighted by Crippen LogP contribution is -2.33. The molecule has 0 bridgehead atoms. The molecule has 0 spiro atoms. The fraction of sp³-hybridized carbons (Fsp3) is 0.538. The highest BCUT2D eigenvalue weighted by Gasteiger charge is 2.33. The average Bonchev–Trinajstić information content (AvgIpc) is 2.56. The Morgan fingerprint density at radius 3 is 2.63 bits per heavy atom. The largest absolute Gasteiger partial charge is 0.399 e. The van der Waals surface area contributed by atoms with Crippen LogP contribution >= 0.6 is 15.9 Å². The number of rotatable bonds is 3. The average molecular weight is 347 g/mol. The van der Waals surface area contributed by atoms with Crippen molar-refractivity contribution in [3.8, 4) is 0 Å². The molecule has 3 N–H and O–H groups in total. The number of hydrogen-bond donors (Lipinski definition) is 2. The normalized spacial score (nSPS) is 22.6. The third kappa shape index (κ3) is 3.49. The molecule has 0 radical (unpaired) electrons. The number of halogens is 1. The second-order valence-electron chi connectivity index (χ2n) is 5.92. The zero-order valence-corrected chi connectivity index (χ0v) is 13.5. The first-order chi connectivity index (χ1) is 8.70. The van der Waals surface area contributed by atoms with Crippen molar-refractivity contribution in [2.45, 2.75) is 44.0 Å². The third-order valence-electron chi connectivity index (χ3n) is 3.54. The number of nitrogen functional groups attached to an aromatic ring is 1. The van der Waals surface area contributed by atoms with Crippen LogP contribution in [0.2, 0.25) is 0 Å². The van der Waals surface area contributed by atoms with E-state index in [1.54, 1.807) is 12.1 Å². The van der Waals surface area contributed by atoms with E-state index in [0.29, 0.717) is 10.2 Å². The van der Waals surface area contributed by atoms with E-state index in [1.807, 2.05) is 0 Å². The monoisotopic (exact) mass is 346 g/mol. The van der Waals surface area contributed by atoms with E-state index in [1.165, 1.54) is 6.07 Å². The highest BCUT2D eigenvalue weighted by atomic mass is 79.9. The summed E-state index contributed by atoms with van der Waals surface area (Å²) in [4.78, 5) is 0.242. The van der Waals surface area contributed by atoms with Crippen molar-refractivity contribution < 1.29 is 8.42 Å². The maximum Gasteiger partial charge on any atom is 0.241 e. The van der Waals surface area contributed by atoms with Gasteiger partial charge in [0, 0.05) is 16.2 Å². The number of nitrogens with one attached hydrogen (secondary N) is 1. The zero-order chi connectivity index (χ0) is 14.3. The van der Waals surface area contributed by atoms with Gasteiger partial charge in [0.2, 0.25) is 10.0 Å². The van der Waals surface area contributed by atoms with Crippen molar-refractivity contribution in [3.05, 3.63) is 22.7 Å². The molecule has 1 unspecified atom stereocenters. The maximum absolute atomic E-state index is 12.3. The molecule has 2 rings (SSSR count). The Labute approximate surface area is 122 Å². The minimum absolute atomic E-state index is 0.0180. The standard InChI is InChI=1S/C13H19BrN2O2S/c1-13(2)6-5-10(8-13)16-19(17,18)12-4-3-9(15)7-11(12)14/h3-4,7,10,16H,5-6,8,15H2,1-2H3. The first kappa shape index (κ1) is 14.8. The van der Waals surface area contributed by atoms with Gasteiger partial charge in [-0.15, -0.1) is 0 Å². The predicted molar refractivity (Wildman–Crippen MR) is 80.3 cm³/mol. The molecule has 1 aromatic rings. The highest BCUT2D eigenvalue weighted by molar-refractivity contribution is 9.10. The summed E-state index contributed by atoms with van der Waals surface area (Å²) in [6, 6.07) is 4.75. The SMILES string of the molecule is CC1(C)CCC(NS(=O)(=O)c2ccc(N)cc2Br)C1. The molecule has 1 saturated carbocycles. The molecule has 1 aromatic carbocycles. The van der Waals surface area contributed by atoms with Crippen LogP contribution in [0.15, 0.2) is 27.6 Å². The minimum atomic E-state index is -3.49. The molecule has 1 aliphatic carbocycles. The fourth-order valence-electron chi connectivity index (χ4n) is 2.55. The van der Waals surface area contributed by atoms with E-state index >= 15 is 0 Å². The van der Waals surface area contributed by atoms with Crippen LogP contribution in [0.3, 0.4) is 0 Å². The van der Waals surface area contributed by atoms with Crippen molar-refractivity contribution >= 4 is 31.6 Å². The van der Waals surface area contributed by atoms with Crippen LogP contribution in [0.4, 0.5) is 5.69 Å². The Bertz CT molecular complexity index is 584. The summed E-state index contributed by atoms with van der Waals surface area (Å²) >= 11 is 3.26. The Hall–Kier alpha value is -0.590. The second-order valence-corrected chi connectivity index (χ2v) is 8.45. The van der Waals surface area contributed by atoms with Crippen LogP contribution in [0.1, 0.15) is 33.1 Å². The molecule has 0 heterocycles. The summed E-state index contributed by atoms with van der Waals surface area (Å²) < 4.78 is 28.0. The van der Waals surface area contributed by atoms with Gasteiger partial charge in [-0.25, -0.2) is 13.1 Å². The lowest BCUT2D eigenvalue weighted by molar-refractivity contribution is 0.372. The van der Waals surface area contributed by atoms with Gasteiger partial charge in [-0.05, 0) is 58.8 Å². The van der Waals surface area contributed by atoms with E-state index in [9.17, 15) is 8.42 Å². The lowest BCUT2D eigenvalue weighted by Gasteiger charge is -2.18. The Morgan fingerprint density at radius 1 is 1.42 bits per heavy atom. The van der Waals surface area contributed by atoms with Crippen LogP contribution in [0.5, 0.6) is 0 Å². The van der Waals surface area contributed by atoms with Crippen molar-refractivity contribution in [1.29, 1.82) is 0 Å². The van der Waals surface area contributed by atoms with Gasteiger partial charge in [0.1, 0.15) is 0 Å². The number of sulfonamides is 1. The molecule has 6 heteroatoms. The number of anilines is 1. The summed E-state index contributed by atoms with van der Waals surface area (Å²) in [6.45, 7) is 4.33. The van der Waals surface area contributed by atoms with Crippen molar-refractivity contribution in [2.75, 3.05) is 5.73 Å². The quantitative estimate of drug-likeness (QED) is 0.826. The van der Waals surface area contributed by atoms with E-state index in [0.717, 1.165) is 19.3 Å². The molecule has 1 aliphatic rings. The number of nitrogens with two attached hydrogens (primary N) is 1. The highest BCUT2D eigenvalue weighted by Crippen LogP contribution is 2.37. The van der Waals surface area contributed by atoms with Crippen LogP contribution in [0.25, 0.3) is 0 Å². The number of hydrogen-bond acceptors (Lipinski definition) is 3. The third-order valence-corrected chi connectivity index (χ3v) is 6.03. The first-order valence-corrected chi connectivity index (χ1v) is 8.55. The summed E-state index contributed by atoms with van der Waals surface area (Å²) in [5, 5.41) is 0. The molecular formula is C13H19BrN2O2S. The molecule has 106 valence electrons. The van der Waals surface area contributed by atoms with Crippen LogP contribution in [-0.4, -0.2) is 14.5 Å². The second kappa shape index (κ2) is 5.07. The maximum atomic E-state index is 12.3. The van der Waals surface area contributed by atoms with E-state index in [2.05, 4.69) is 34.5 Å².